The molecule has 21 heavy (non-hydrogen) atoms. The summed E-state index contributed by atoms with van der Waals surface area (Å²) < 4.78 is 5.37. The fraction of sp³-hybridized carbons (Fsp3) is 0.267. The first-order valence-corrected chi connectivity index (χ1v) is 6.69. The molecule has 1 aromatic heterocycles. The molecule has 0 aliphatic rings. The van der Waals surface area contributed by atoms with Gasteiger partial charge in [-0.1, -0.05) is 12.1 Å². The first-order chi connectivity index (χ1) is 10.1. The number of carbonyl (C=O) groups is 1. The summed E-state index contributed by atoms with van der Waals surface area (Å²) in [6.45, 7) is 4.41. The summed E-state index contributed by atoms with van der Waals surface area (Å²) in [4.78, 5) is 22.9. The van der Waals surface area contributed by atoms with Crippen LogP contribution in [0.1, 0.15) is 35.9 Å². The lowest BCUT2D eigenvalue weighted by Crippen LogP contribution is -2.28. The van der Waals surface area contributed by atoms with Crippen LogP contribution in [0.3, 0.4) is 0 Å². The van der Waals surface area contributed by atoms with Crippen LogP contribution in [-0.4, -0.2) is 22.7 Å². The molecule has 0 aliphatic heterocycles. The van der Waals surface area contributed by atoms with E-state index >= 15 is 0 Å². The van der Waals surface area contributed by atoms with Crippen molar-refractivity contribution < 1.29 is 9.53 Å². The Bertz CT molecular complexity index is 644. The maximum Gasteiger partial charge on any atom is 0.272 e. The van der Waals surface area contributed by atoms with Crippen LogP contribution in [-0.2, 0) is 0 Å². The predicted molar refractivity (Wildman–Crippen MR) is 78.3 cm³/mol. The number of aromatic amines is 1. The molecule has 110 valence electrons. The van der Waals surface area contributed by atoms with Crippen LogP contribution in [0.5, 0.6) is 5.75 Å². The van der Waals surface area contributed by atoms with E-state index in [9.17, 15) is 9.59 Å². The Labute approximate surface area is 122 Å². The van der Waals surface area contributed by atoms with Gasteiger partial charge in [-0.15, -0.1) is 0 Å². The van der Waals surface area contributed by atoms with Crippen molar-refractivity contribution >= 4 is 5.91 Å². The van der Waals surface area contributed by atoms with Crippen molar-refractivity contribution in [2.45, 2.75) is 19.9 Å². The lowest BCUT2D eigenvalue weighted by atomic mass is 10.1. The van der Waals surface area contributed by atoms with Gasteiger partial charge in [0.1, 0.15) is 11.4 Å². The highest BCUT2D eigenvalue weighted by Crippen LogP contribution is 2.17. The molecule has 0 unspecified atom stereocenters. The molecule has 1 heterocycles. The molecule has 0 fully saturated rings. The Balaban J connectivity index is 2.03. The molecule has 1 amide bonds. The molecule has 1 aromatic carbocycles. The monoisotopic (exact) mass is 287 g/mol. The molecule has 2 rings (SSSR count). The number of H-pyrrole nitrogens is 1. The topological polar surface area (TPSA) is 84.1 Å². The average Bonchev–Trinajstić information content (AvgIpc) is 2.49. The summed E-state index contributed by atoms with van der Waals surface area (Å²) in [5.74, 6) is 0.453. The number of hydrogen-bond donors (Lipinski definition) is 2. The van der Waals surface area contributed by atoms with Gasteiger partial charge in [-0.3, -0.25) is 9.59 Å². The van der Waals surface area contributed by atoms with E-state index in [1.807, 2.05) is 38.1 Å². The van der Waals surface area contributed by atoms with E-state index < -0.39 is 0 Å². The normalized spacial score (nSPS) is 11.7. The van der Waals surface area contributed by atoms with Crippen molar-refractivity contribution in [1.82, 2.24) is 15.5 Å². The smallest absolute Gasteiger partial charge is 0.272 e. The minimum Gasteiger partial charge on any atom is -0.494 e. The molecule has 0 aliphatic carbocycles. The summed E-state index contributed by atoms with van der Waals surface area (Å²) in [5.41, 5.74) is 0.787. The zero-order valence-corrected chi connectivity index (χ0v) is 11.9. The second-order valence-corrected chi connectivity index (χ2v) is 4.50. The number of nitrogens with one attached hydrogen (secondary N) is 2. The van der Waals surface area contributed by atoms with Crippen LogP contribution in [0.2, 0.25) is 0 Å². The fourth-order valence-corrected chi connectivity index (χ4v) is 1.84. The number of rotatable bonds is 5. The quantitative estimate of drug-likeness (QED) is 0.876. The maximum absolute atomic E-state index is 12.0. The molecule has 0 radical (unpaired) electrons. The Kier molecular flexibility index (Phi) is 4.71. The van der Waals surface area contributed by atoms with Crippen molar-refractivity contribution in [3.05, 3.63) is 58.0 Å². The molecule has 1 atom stereocenters. The van der Waals surface area contributed by atoms with Crippen LogP contribution >= 0.6 is 0 Å². The van der Waals surface area contributed by atoms with Gasteiger partial charge in [-0.05, 0) is 37.6 Å². The number of aromatic nitrogens is 2. The van der Waals surface area contributed by atoms with Gasteiger partial charge >= 0.3 is 0 Å². The standard InChI is InChI=1S/C15H17N3O3/c1-3-21-12-6-4-11(5-7-12)10(2)16-15(20)13-8-9-14(19)18-17-13/h4-10H,3H2,1-2H3,(H,16,20)(H,18,19)/t10-/m1/s1. The lowest BCUT2D eigenvalue weighted by Gasteiger charge is -2.14. The molecule has 2 N–H and O–H groups in total. The Morgan fingerprint density at radius 3 is 2.57 bits per heavy atom. The largest absolute Gasteiger partial charge is 0.494 e. The van der Waals surface area contributed by atoms with Gasteiger partial charge in [0.15, 0.2) is 0 Å². The maximum atomic E-state index is 12.0. The first-order valence-electron chi connectivity index (χ1n) is 6.69. The van der Waals surface area contributed by atoms with Crippen LogP contribution in [0, 0.1) is 0 Å². The molecule has 0 saturated carbocycles. The van der Waals surface area contributed by atoms with Gasteiger partial charge in [0.2, 0.25) is 0 Å². The molecule has 6 heteroatoms. The zero-order valence-electron chi connectivity index (χ0n) is 11.9. The van der Waals surface area contributed by atoms with Gasteiger partial charge in [0, 0.05) is 6.07 Å². The molecule has 0 spiro atoms. The summed E-state index contributed by atoms with van der Waals surface area (Å²) in [6.07, 6.45) is 0. The van der Waals surface area contributed by atoms with Gasteiger partial charge < -0.3 is 10.1 Å². The average molecular weight is 287 g/mol. The lowest BCUT2D eigenvalue weighted by molar-refractivity contribution is 0.0933. The third kappa shape index (κ3) is 3.92. The Morgan fingerprint density at radius 1 is 1.29 bits per heavy atom. The summed E-state index contributed by atoms with van der Waals surface area (Å²) in [5, 5.41) is 8.75. The van der Waals surface area contributed by atoms with E-state index in [0.29, 0.717) is 6.61 Å². The number of hydrogen-bond acceptors (Lipinski definition) is 4. The molecule has 0 bridgehead atoms. The molecule has 2 aromatic rings. The van der Waals surface area contributed by atoms with E-state index in [2.05, 4.69) is 15.5 Å². The number of ether oxygens (including phenoxy) is 1. The number of carbonyl (C=O) groups excluding carboxylic acids is 1. The minimum absolute atomic E-state index is 0.174. The van der Waals surface area contributed by atoms with Gasteiger partial charge in [-0.25, -0.2) is 5.10 Å². The molecular weight excluding hydrogens is 270 g/mol. The van der Waals surface area contributed by atoms with Gasteiger partial charge in [-0.2, -0.15) is 5.10 Å². The second kappa shape index (κ2) is 6.69. The van der Waals surface area contributed by atoms with Crippen molar-refractivity contribution in [3.63, 3.8) is 0 Å². The van der Waals surface area contributed by atoms with E-state index in [0.717, 1.165) is 11.3 Å². The van der Waals surface area contributed by atoms with Crippen molar-refractivity contribution in [2.75, 3.05) is 6.61 Å². The van der Waals surface area contributed by atoms with E-state index in [-0.39, 0.29) is 23.2 Å². The third-order valence-electron chi connectivity index (χ3n) is 2.95. The van der Waals surface area contributed by atoms with Gasteiger partial charge in [0.25, 0.3) is 11.5 Å². The number of amides is 1. The Hall–Kier alpha value is -2.63. The highest BCUT2D eigenvalue weighted by molar-refractivity contribution is 5.92. The predicted octanol–water partition coefficient (Wildman–Crippen LogP) is 1.66. The molecule has 6 nitrogen and oxygen atoms in total. The summed E-state index contributed by atoms with van der Waals surface area (Å²) in [6, 6.07) is 10.00. The van der Waals surface area contributed by atoms with Crippen molar-refractivity contribution in [2.24, 2.45) is 0 Å². The second-order valence-electron chi connectivity index (χ2n) is 4.50. The van der Waals surface area contributed by atoms with Crippen LogP contribution < -0.4 is 15.6 Å². The molecule has 0 saturated heterocycles. The van der Waals surface area contributed by atoms with Crippen molar-refractivity contribution in [1.29, 1.82) is 0 Å². The van der Waals surface area contributed by atoms with E-state index in [4.69, 9.17) is 4.74 Å². The first kappa shape index (κ1) is 14.8. The fourth-order valence-electron chi connectivity index (χ4n) is 1.84. The van der Waals surface area contributed by atoms with E-state index in [1.165, 1.54) is 12.1 Å². The highest BCUT2D eigenvalue weighted by atomic mass is 16.5. The van der Waals surface area contributed by atoms with E-state index in [1.54, 1.807) is 0 Å². The number of benzene rings is 1. The third-order valence-corrected chi connectivity index (χ3v) is 2.95. The summed E-state index contributed by atoms with van der Waals surface area (Å²) >= 11 is 0. The minimum atomic E-state index is -0.342. The zero-order chi connectivity index (χ0) is 15.2. The summed E-state index contributed by atoms with van der Waals surface area (Å²) in [7, 11) is 0. The van der Waals surface area contributed by atoms with Crippen LogP contribution in [0.4, 0.5) is 0 Å². The molecular formula is C15H17N3O3. The van der Waals surface area contributed by atoms with Crippen molar-refractivity contribution in [3.8, 4) is 5.75 Å². The van der Waals surface area contributed by atoms with Gasteiger partial charge in [0.05, 0.1) is 12.6 Å². The SMILES string of the molecule is CCOc1ccc([C@@H](C)NC(=O)c2ccc(=O)[nH]n2)cc1. The Morgan fingerprint density at radius 2 is 2.00 bits per heavy atom. The van der Waals surface area contributed by atoms with Crippen LogP contribution in [0.15, 0.2) is 41.2 Å². The number of nitrogens with zero attached hydrogens (tertiary/aromatic N) is 1. The highest BCUT2D eigenvalue weighted by Gasteiger charge is 2.12. The van der Waals surface area contributed by atoms with Crippen LogP contribution in [0.25, 0.3) is 0 Å².